The van der Waals surface area contributed by atoms with Crippen molar-refractivity contribution in [3.63, 3.8) is 0 Å². The van der Waals surface area contributed by atoms with E-state index in [0.29, 0.717) is 24.4 Å². The summed E-state index contributed by atoms with van der Waals surface area (Å²) in [7, 11) is 1.71. The lowest BCUT2D eigenvalue weighted by molar-refractivity contribution is -0.141. The van der Waals surface area contributed by atoms with Crippen LogP contribution < -0.4 is 4.74 Å². The lowest BCUT2D eigenvalue weighted by atomic mass is 9.54. The average Bonchev–Trinajstić information content (AvgIpc) is 3.05. The minimum absolute atomic E-state index is 0.217. The van der Waals surface area contributed by atoms with E-state index in [4.69, 9.17) is 14.2 Å². The van der Waals surface area contributed by atoms with Crippen LogP contribution in [0.5, 0.6) is 5.75 Å². The third-order valence-corrected chi connectivity index (χ3v) is 7.36. The standard InChI is InChI=1S/C26H32O5/c1-16(27)30-13-5-6-18-14-19-15-20(29-4)7-8-21(19)22-11-12-26(3)23(25(18)22)9-10-24(26)31-17(2)28/h7-10,15,18,22,25H,5-6,11-14H2,1-4H3/t18-,22-,25-,26+/m1/s1. The molecule has 0 unspecified atom stereocenters. The van der Waals surface area contributed by atoms with Crippen LogP contribution in [0.2, 0.25) is 0 Å². The van der Waals surface area contributed by atoms with Crippen LogP contribution in [0.4, 0.5) is 0 Å². The molecule has 1 fully saturated rings. The van der Waals surface area contributed by atoms with Crippen molar-refractivity contribution < 1.29 is 23.8 Å². The van der Waals surface area contributed by atoms with Crippen molar-refractivity contribution in [3.05, 3.63) is 52.8 Å². The molecule has 0 aromatic heterocycles. The third-order valence-electron chi connectivity index (χ3n) is 7.36. The molecule has 1 aromatic rings. The highest BCUT2D eigenvalue weighted by Crippen LogP contribution is 2.61. The Bertz CT molecular complexity index is 943. The Kier molecular flexibility index (Phi) is 5.96. The highest BCUT2D eigenvalue weighted by Gasteiger charge is 2.51. The third kappa shape index (κ3) is 4.02. The summed E-state index contributed by atoms with van der Waals surface area (Å²) in [6, 6.07) is 6.49. The van der Waals surface area contributed by atoms with Gasteiger partial charge in [0.15, 0.2) is 0 Å². The van der Waals surface area contributed by atoms with Crippen LogP contribution in [-0.4, -0.2) is 25.7 Å². The minimum atomic E-state index is -0.261. The average molecular weight is 425 g/mol. The molecule has 4 rings (SSSR count). The molecule has 31 heavy (non-hydrogen) atoms. The second-order valence-corrected chi connectivity index (χ2v) is 9.26. The van der Waals surface area contributed by atoms with Crippen molar-refractivity contribution in [3.8, 4) is 5.75 Å². The van der Waals surface area contributed by atoms with Gasteiger partial charge in [0, 0.05) is 19.3 Å². The van der Waals surface area contributed by atoms with Crippen LogP contribution in [0.1, 0.15) is 63.5 Å². The van der Waals surface area contributed by atoms with E-state index < -0.39 is 0 Å². The van der Waals surface area contributed by atoms with Gasteiger partial charge in [-0.1, -0.05) is 17.7 Å². The van der Waals surface area contributed by atoms with Gasteiger partial charge in [-0.15, -0.1) is 0 Å². The molecule has 0 bridgehead atoms. The molecular formula is C26H32O5. The van der Waals surface area contributed by atoms with Gasteiger partial charge in [-0.05, 0) is 86.1 Å². The maximum absolute atomic E-state index is 11.7. The van der Waals surface area contributed by atoms with Gasteiger partial charge in [-0.25, -0.2) is 0 Å². The molecule has 0 spiro atoms. The van der Waals surface area contributed by atoms with Gasteiger partial charge in [0.1, 0.15) is 11.5 Å². The van der Waals surface area contributed by atoms with Crippen LogP contribution >= 0.6 is 0 Å². The van der Waals surface area contributed by atoms with Gasteiger partial charge >= 0.3 is 11.9 Å². The maximum Gasteiger partial charge on any atom is 0.307 e. The Morgan fingerprint density at radius 2 is 1.97 bits per heavy atom. The number of hydrogen-bond donors (Lipinski definition) is 0. The van der Waals surface area contributed by atoms with Crippen LogP contribution in [0.15, 0.2) is 41.7 Å². The summed E-state index contributed by atoms with van der Waals surface area (Å²) in [5, 5.41) is 0. The molecule has 0 aliphatic heterocycles. The summed E-state index contributed by atoms with van der Waals surface area (Å²) in [5.41, 5.74) is 3.96. The predicted molar refractivity (Wildman–Crippen MR) is 118 cm³/mol. The molecular weight excluding hydrogens is 392 g/mol. The first-order valence-electron chi connectivity index (χ1n) is 11.2. The van der Waals surface area contributed by atoms with E-state index in [1.54, 1.807) is 7.11 Å². The Morgan fingerprint density at radius 3 is 2.68 bits per heavy atom. The van der Waals surface area contributed by atoms with Crippen molar-refractivity contribution in [2.75, 3.05) is 13.7 Å². The zero-order valence-electron chi connectivity index (χ0n) is 18.9. The molecule has 0 radical (unpaired) electrons. The predicted octanol–water partition coefficient (Wildman–Crippen LogP) is 5.10. The molecule has 0 heterocycles. The summed E-state index contributed by atoms with van der Waals surface area (Å²) < 4.78 is 16.3. The summed E-state index contributed by atoms with van der Waals surface area (Å²) in [4.78, 5) is 22.9. The molecule has 3 aliphatic rings. The zero-order chi connectivity index (χ0) is 22.2. The number of hydrogen-bond acceptors (Lipinski definition) is 5. The highest BCUT2D eigenvalue weighted by molar-refractivity contribution is 5.68. The summed E-state index contributed by atoms with van der Waals surface area (Å²) in [6.45, 7) is 5.60. The molecule has 0 saturated heterocycles. The quantitative estimate of drug-likeness (QED) is 0.470. The lowest BCUT2D eigenvalue weighted by Gasteiger charge is -2.50. The monoisotopic (exact) mass is 424 g/mol. The fourth-order valence-electron chi connectivity index (χ4n) is 6.00. The number of esters is 2. The van der Waals surface area contributed by atoms with Gasteiger partial charge in [-0.3, -0.25) is 9.59 Å². The van der Waals surface area contributed by atoms with E-state index >= 15 is 0 Å². The first-order valence-corrected chi connectivity index (χ1v) is 11.2. The fraction of sp³-hybridized carbons (Fsp3) is 0.538. The normalized spacial score (nSPS) is 28.5. The molecule has 0 N–H and O–H groups in total. The Balaban J connectivity index is 1.64. The Morgan fingerprint density at radius 1 is 1.16 bits per heavy atom. The fourth-order valence-corrected chi connectivity index (χ4v) is 6.00. The number of carbonyl (C=O) groups is 2. The molecule has 1 saturated carbocycles. The van der Waals surface area contributed by atoms with Crippen LogP contribution in [-0.2, 0) is 25.5 Å². The number of allylic oxidation sites excluding steroid dienone is 3. The highest BCUT2D eigenvalue weighted by atomic mass is 16.5. The lowest BCUT2D eigenvalue weighted by Crippen LogP contribution is -2.41. The van der Waals surface area contributed by atoms with Gasteiger partial charge in [0.05, 0.1) is 13.7 Å². The van der Waals surface area contributed by atoms with Crippen LogP contribution in [0, 0.1) is 17.3 Å². The van der Waals surface area contributed by atoms with E-state index in [2.05, 4.69) is 31.2 Å². The van der Waals surface area contributed by atoms with Crippen molar-refractivity contribution >= 4 is 11.9 Å². The van der Waals surface area contributed by atoms with Crippen molar-refractivity contribution in [1.82, 2.24) is 0 Å². The van der Waals surface area contributed by atoms with Crippen molar-refractivity contribution in [2.24, 2.45) is 17.3 Å². The summed E-state index contributed by atoms with van der Waals surface area (Å²) in [6.07, 6.45) is 9.02. The summed E-state index contributed by atoms with van der Waals surface area (Å²) >= 11 is 0. The number of fused-ring (bicyclic) bond motifs is 5. The molecule has 4 atom stereocenters. The van der Waals surface area contributed by atoms with E-state index in [0.717, 1.165) is 43.6 Å². The number of methoxy groups -OCH3 is 1. The zero-order valence-corrected chi connectivity index (χ0v) is 18.9. The maximum atomic E-state index is 11.7. The smallest absolute Gasteiger partial charge is 0.307 e. The molecule has 0 amide bonds. The van der Waals surface area contributed by atoms with Crippen molar-refractivity contribution in [1.29, 1.82) is 0 Å². The van der Waals surface area contributed by atoms with Crippen molar-refractivity contribution in [2.45, 2.75) is 58.8 Å². The van der Waals surface area contributed by atoms with E-state index in [-0.39, 0.29) is 17.4 Å². The topological polar surface area (TPSA) is 61.8 Å². The second kappa shape index (κ2) is 8.52. The Hall–Kier alpha value is -2.56. The van der Waals surface area contributed by atoms with Gasteiger partial charge in [0.2, 0.25) is 0 Å². The number of carbonyl (C=O) groups excluding carboxylic acids is 2. The van der Waals surface area contributed by atoms with Gasteiger partial charge < -0.3 is 14.2 Å². The first-order chi connectivity index (χ1) is 14.8. The van der Waals surface area contributed by atoms with Gasteiger partial charge in [0.25, 0.3) is 0 Å². The Labute approximate surface area is 184 Å². The van der Waals surface area contributed by atoms with Crippen LogP contribution in [0.25, 0.3) is 0 Å². The number of benzene rings is 1. The van der Waals surface area contributed by atoms with E-state index in [9.17, 15) is 9.59 Å². The van der Waals surface area contributed by atoms with E-state index in [1.165, 1.54) is 30.5 Å². The van der Waals surface area contributed by atoms with Crippen LogP contribution in [0.3, 0.4) is 0 Å². The summed E-state index contributed by atoms with van der Waals surface area (Å²) in [5.74, 6) is 2.47. The SMILES string of the molecule is COc1ccc2c(c1)C[C@@H](CCCOC(C)=O)[C@H]1C3=CC=C(OC(C)=O)[C@@]3(C)CC[C@H]21. The number of rotatable bonds is 6. The molecule has 5 nitrogen and oxygen atoms in total. The largest absolute Gasteiger partial charge is 0.497 e. The van der Waals surface area contributed by atoms with E-state index in [1.807, 2.05) is 6.08 Å². The van der Waals surface area contributed by atoms with Gasteiger partial charge in [-0.2, -0.15) is 0 Å². The first kappa shape index (κ1) is 21.7. The molecule has 1 aromatic carbocycles. The second-order valence-electron chi connectivity index (χ2n) is 9.26. The molecule has 166 valence electrons. The number of ether oxygens (including phenoxy) is 3. The minimum Gasteiger partial charge on any atom is -0.497 e. The molecule has 3 aliphatic carbocycles. The molecule has 5 heteroatoms.